The first-order valence-corrected chi connectivity index (χ1v) is 6.40. The number of hydrogen-bond donors (Lipinski definition) is 1. The average molecular weight is 211 g/mol. The minimum absolute atomic E-state index is 0.449. The van der Waals surface area contributed by atoms with Gasteiger partial charge in [-0.05, 0) is 32.9 Å². The Kier molecular flexibility index (Phi) is 3.65. The Morgan fingerprint density at radius 3 is 2.33 bits per heavy atom. The van der Waals surface area contributed by atoms with Crippen molar-refractivity contribution in [1.29, 1.82) is 0 Å². The van der Waals surface area contributed by atoms with Crippen LogP contribution in [0.4, 0.5) is 0 Å². The van der Waals surface area contributed by atoms with Crippen LogP contribution in [0.25, 0.3) is 0 Å². The quantitative estimate of drug-likeness (QED) is 0.752. The van der Waals surface area contributed by atoms with Crippen LogP contribution in [0.2, 0.25) is 0 Å². The van der Waals surface area contributed by atoms with Crippen LogP contribution < -0.4 is 5.73 Å². The van der Waals surface area contributed by atoms with E-state index in [-0.39, 0.29) is 0 Å². The highest BCUT2D eigenvalue weighted by atomic mass is 15.3. The third kappa shape index (κ3) is 2.52. The van der Waals surface area contributed by atoms with Crippen molar-refractivity contribution in [3.8, 4) is 0 Å². The average Bonchev–Trinajstić information content (AvgIpc) is 2.18. The molecular formula is C12H25N3. The highest BCUT2D eigenvalue weighted by molar-refractivity contribution is 4.95. The van der Waals surface area contributed by atoms with E-state index in [1.54, 1.807) is 0 Å². The monoisotopic (exact) mass is 211 g/mol. The molecule has 0 saturated carbocycles. The molecule has 2 atom stereocenters. The Morgan fingerprint density at radius 1 is 1.20 bits per heavy atom. The number of nitrogens with two attached hydrogens (primary N) is 1. The fourth-order valence-corrected chi connectivity index (χ4v) is 3.07. The van der Waals surface area contributed by atoms with Gasteiger partial charge in [-0.3, -0.25) is 4.90 Å². The highest BCUT2D eigenvalue weighted by Gasteiger charge is 2.37. The highest BCUT2D eigenvalue weighted by Crippen LogP contribution is 2.26. The van der Waals surface area contributed by atoms with Crippen molar-refractivity contribution < 1.29 is 0 Å². The molecule has 2 aliphatic rings. The fraction of sp³-hybridized carbons (Fsp3) is 1.00. The van der Waals surface area contributed by atoms with Gasteiger partial charge in [0.15, 0.2) is 0 Å². The Balaban J connectivity index is 1.91. The second kappa shape index (κ2) is 4.81. The number of piperidine rings is 1. The van der Waals surface area contributed by atoms with Gasteiger partial charge in [0.1, 0.15) is 0 Å². The van der Waals surface area contributed by atoms with Gasteiger partial charge in [-0.2, -0.15) is 0 Å². The second-order valence-corrected chi connectivity index (χ2v) is 5.32. The van der Waals surface area contributed by atoms with Crippen molar-refractivity contribution in [1.82, 2.24) is 9.80 Å². The summed E-state index contributed by atoms with van der Waals surface area (Å²) in [4.78, 5) is 5.20. The Bertz CT molecular complexity index is 191. The van der Waals surface area contributed by atoms with Gasteiger partial charge >= 0.3 is 0 Å². The van der Waals surface area contributed by atoms with E-state index >= 15 is 0 Å². The van der Waals surface area contributed by atoms with Crippen LogP contribution in [-0.4, -0.2) is 54.6 Å². The number of likely N-dealkylation sites (tertiary alicyclic amines) is 1. The Hall–Kier alpha value is -0.120. The fourth-order valence-electron chi connectivity index (χ4n) is 3.07. The maximum Gasteiger partial charge on any atom is 0.0238 e. The molecule has 3 heteroatoms. The maximum atomic E-state index is 6.09. The van der Waals surface area contributed by atoms with Crippen molar-refractivity contribution in [2.24, 2.45) is 5.73 Å². The Morgan fingerprint density at radius 2 is 1.80 bits per heavy atom. The van der Waals surface area contributed by atoms with Crippen LogP contribution in [0.3, 0.4) is 0 Å². The largest absolute Gasteiger partial charge is 0.328 e. The summed E-state index contributed by atoms with van der Waals surface area (Å²) in [6.07, 6.45) is 5.03. The molecule has 3 nitrogen and oxygen atoms in total. The summed E-state index contributed by atoms with van der Waals surface area (Å²) in [6.45, 7) is 6.03. The molecule has 0 spiro atoms. The summed E-state index contributed by atoms with van der Waals surface area (Å²) < 4.78 is 0. The molecule has 0 aromatic heterocycles. The lowest BCUT2D eigenvalue weighted by molar-refractivity contribution is 0.00265. The van der Waals surface area contributed by atoms with Gasteiger partial charge in [-0.25, -0.2) is 0 Å². The van der Waals surface area contributed by atoms with Crippen LogP contribution >= 0.6 is 0 Å². The predicted molar refractivity (Wildman–Crippen MR) is 63.9 cm³/mol. The smallest absolute Gasteiger partial charge is 0.0238 e. The number of nitrogens with zero attached hydrogens (tertiary/aromatic N) is 2. The second-order valence-electron chi connectivity index (χ2n) is 5.32. The van der Waals surface area contributed by atoms with Crippen LogP contribution in [0.1, 0.15) is 32.6 Å². The molecule has 0 aromatic rings. The minimum Gasteiger partial charge on any atom is -0.328 e. The molecule has 0 aliphatic carbocycles. The van der Waals surface area contributed by atoms with E-state index in [4.69, 9.17) is 5.73 Å². The van der Waals surface area contributed by atoms with Crippen LogP contribution in [-0.2, 0) is 0 Å². The normalized spacial score (nSPS) is 38.2. The van der Waals surface area contributed by atoms with E-state index in [0.717, 1.165) is 0 Å². The lowest BCUT2D eigenvalue weighted by atomic mass is 9.88. The number of likely N-dealkylation sites (N-methyl/N-ethyl adjacent to an activating group) is 1. The molecule has 2 heterocycles. The number of rotatable bonds is 3. The molecule has 2 N–H and O–H groups in total. The van der Waals surface area contributed by atoms with Crippen molar-refractivity contribution >= 4 is 0 Å². The van der Waals surface area contributed by atoms with Gasteiger partial charge in [-0.15, -0.1) is 0 Å². The summed E-state index contributed by atoms with van der Waals surface area (Å²) in [5.74, 6) is 0. The zero-order valence-corrected chi connectivity index (χ0v) is 10.2. The zero-order valence-electron chi connectivity index (χ0n) is 10.2. The number of hydrogen-bond acceptors (Lipinski definition) is 3. The summed E-state index contributed by atoms with van der Waals surface area (Å²) in [5.41, 5.74) is 6.09. The predicted octanol–water partition coefficient (Wildman–Crippen LogP) is 0.892. The summed E-state index contributed by atoms with van der Waals surface area (Å²) >= 11 is 0. The van der Waals surface area contributed by atoms with Gasteiger partial charge in [0.05, 0.1) is 0 Å². The van der Waals surface area contributed by atoms with Crippen LogP contribution in [0, 0.1) is 0 Å². The summed E-state index contributed by atoms with van der Waals surface area (Å²) in [6, 6.07) is 1.87. The van der Waals surface area contributed by atoms with E-state index in [1.807, 2.05) is 0 Å². The van der Waals surface area contributed by atoms with E-state index in [0.29, 0.717) is 18.1 Å². The van der Waals surface area contributed by atoms with Gasteiger partial charge in [0.25, 0.3) is 0 Å². The standard InChI is InChI=1S/C12H25N3/c1-3-4-5-15-8-11-6-10(13)7-12(9-15)14(11)2/h10-12H,3-9,13H2,1-2H3. The molecule has 2 unspecified atom stereocenters. The van der Waals surface area contributed by atoms with Crippen molar-refractivity contribution in [3.05, 3.63) is 0 Å². The van der Waals surface area contributed by atoms with Gasteiger partial charge in [0.2, 0.25) is 0 Å². The van der Waals surface area contributed by atoms with Crippen molar-refractivity contribution in [2.75, 3.05) is 26.7 Å². The van der Waals surface area contributed by atoms with Gasteiger partial charge < -0.3 is 10.6 Å². The molecule has 0 aromatic carbocycles. The lowest BCUT2D eigenvalue weighted by Crippen LogP contribution is -2.62. The van der Waals surface area contributed by atoms with Crippen molar-refractivity contribution in [3.63, 3.8) is 0 Å². The third-order valence-electron chi connectivity index (χ3n) is 4.07. The lowest BCUT2D eigenvalue weighted by Gasteiger charge is -2.50. The van der Waals surface area contributed by atoms with Crippen LogP contribution in [0.15, 0.2) is 0 Å². The first-order chi connectivity index (χ1) is 7.20. The molecule has 0 radical (unpaired) electrons. The summed E-state index contributed by atoms with van der Waals surface area (Å²) in [7, 11) is 2.28. The van der Waals surface area contributed by atoms with E-state index in [2.05, 4.69) is 23.8 Å². The molecule has 2 bridgehead atoms. The van der Waals surface area contributed by atoms with E-state index in [9.17, 15) is 0 Å². The molecular weight excluding hydrogens is 186 g/mol. The maximum absolute atomic E-state index is 6.09. The van der Waals surface area contributed by atoms with E-state index in [1.165, 1.54) is 45.3 Å². The third-order valence-corrected chi connectivity index (χ3v) is 4.07. The van der Waals surface area contributed by atoms with Gasteiger partial charge in [0, 0.05) is 31.2 Å². The molecule has 2 saturated heterocycles. The Labute approximate surface area is 93.6 Å². The number of fused-ring (bicyclic) bond motifs is 2. The molecule has 2 aliphatic heterocycles. The molecule has 15 heavy (non-hydrogen) atoms. The molecule has 2 rings (SSSR count). The van der Waals surface area contributed by atoms with E-state index < -0.39 is 0 Å². The zero-order chi connectivity index (χ0) is 10.8. The number of unbranched alkanes of at least 4 members (excludes halogenated alkanes) is 1. The SMILES string of the molecule is CCCCN1CC2CC(N)CC(C1)N2C. The minimum atomic E-state index is 0.449. The summed E-state index contributed by atoms with van der Waals surface area (Å²) in [5, 5.41) is 0. The number of piperazine rings is 1. The van der Waals surface area contributed by atoms with Crippen LogP contribution in [0.5, 0.6) is 0 Å². The molecule has 0 amide bonds. The topological polar surface area (TPSA) is 32.5 Å². The first-order valence-electron chi connectivity index (χ1n) is 6.40. The first kappa shape index (κ1) is 11.4. The van der Waals surface area contributed by atoms with Gasteiger partial charge in [-0.1, -0.05) is 13.3 Å². The molecule has 88 valence electrons. The van der Waals surface area contributed by atoms with Crippen molar-refractivity contribution in [2.45, 2.75) is 50.7 Å². The molecule has 2 fully saturated rings.